The lowest BCUT2D eigenvalue weighted by molar-refractivity contribution is 0.231. The molecular formula is C10H12ClNO. The average molecular weight is 198 g/mol. The summed E-state index contributed by atoms with van der Waals surface area (Å²) in [6.07, 6.45) is 1.24. The van der Waals surface area contributed by atoms with Gasteiger partial charge in [-0.15, -0.1) is 0 Å². The van der Waals surface area contributed by atoms with Crippen molar-refractivity contribution in [2.45, 2.75) is 12.5 Å². The van der Waals surface area contributed by atoms with E-state index in [0.29, 0.717) is 0 Å². The Bertz CT molecular complexity index is 314. The van der Waals surface area contributed by atoms with Gasteiger partial charge >= 0.3 is 0 Å². The summed E-state index contributed by atoms with van der Waals surface area (Å²) in [5.74, 6) is 0.938. The number of halogens is 1. The Morgan fingerprint density at radius 1 is 1.62 bits per heavy atom. The van der Waals surface area contributed by atoms with Crippen LogP contribution in [0.3, 0.4) is 0 Å². The van der Waals surface area contributed by atoms with E-state index in [9.17, 15) is 0 Å². The summed E-state index contributed by atoms with van der Waals surface area (Å²) in [4.78, 5) is 0. The molecule has 0 amide bonds. The van der Waals surface area contributed by atoms with E-state index < -0.39 is 0 Å². The van der Waals surface area contributed by atoms with E-state index >= 15 is 0 Å². The van der Waals surface area contributed by atoms with Crippen molar-refractivity contribution in [2.75, 3.05) is 13.6 Å². The van der Waals surface area contributed by atoms with Crippen LogP contribution in [0.2, 0.25) is 5.02 Å². The third-order valence-electron chi connectivity index (χ3n) is 2.20. The Morgan fingerprint density at radius 3 is 3.23 bits per heavy atom. The summed E-state index contributed by atoms with van der Waals surface area (Å²) in [7, 11) is 1.93. The maximum Gasteiger partial charge on any atom is 0.124 e. The summed E-state index contributed by atoms with van der Waals surface area (Å²) in [6.45, 7) is 0.881. The largest absolute Gasteiger partial charge is 0.488 e. The highest BCUT2D eigenvalue weighted by atomic mass is 35.5. The zero-order valence-electron chi connectivity index (χ0n) is 7.51. The molecular weight excluding hydrogens is 186 g/mol. The zero-order chi connectivity index (χ0) is 9.26. The van der Waals surface area contributed by atoms with Crippen molar-refractivity contribution >= 4 is 11.6 Å². The third kappa shape index (κ3) is 1.79. The molecule has 3 heteroatoms. The Labute approximate surface area is 82.9 Å². The highest BCUT2D eigenvalue weighted by molar-refractivity contribution is 6.30. The number of hydrogen-bond acceptors (Lipinski definition) is 2. The smallest absolute Gasteiger partial charge is 0.124 e. The van der Waals surface area contributed by atoms with Crippen LogP contribution in [0.1, 0.15) is 5.56 Å². The predicted molar refractivity (Wildman–Crippen MR) is 53.5 cm³/mol. The van der Waals surface area contributed by atoms with Crippen molar-refractivity contribution < 1.29 is 4.74 Å². The molecule has 0 saturated carbocycles. The van der Waals surface area contributed by atoms with Gasteiger partial charge in [0.05, 0.1) is 0 Å². The van der Waals surface area contributed by atoms with Gasteiger partial charge < -0.3 is 10.1 Å². The van der Waals surface area contributed by atoms with Gasteiger partial charge in [-0.25, -0.2) is 0 Å². The second-order valence-corrected chi connectivity index (χ2v) is 3.69. The Morgan fingerprint density at radius 2 is 2.46 bits per heavy atom. The lowest BCUT2D eigenvalue weighted by atomic mass is 10.1. The standard InChI is InChI=1S/C10H12ClNO/c1-12-6-9-4-7-2-3-8(11)5-10(7)13-9/h2-3,5,9,12H,4,6H2,1H3. The average Bonchev–Trinajstić information content (AvgIpc) is 2.46. The maximum atomic E-state index is 5.85. The summed E-state index contributed by atoms with van der Waals surface area (Å²) in [5.41, 5.74) is 1.25. The molecule has 1 unspecified atom stereocenters. The summed E-state index contributed by atoms with van der Waals surface area (Å²) < 4.78 is 5.68. The fourth-order valence-electron chi connectivity index (χ4n) is 1.61. The SMILES string of the molecule is CNCC1Cc2ccc(Cl)cc2O1. The number of benzene rings is 1. The van der Waals surface area contributed by atoms with Crippen LogP contribution in [-0.2, 0) is 6.42 Å². The number of nitrogens with one attached hydrogen (secondary N) is 1. The van der Waals surface area contributed by atoms with Gasteiger partial charge in [-0.1, -0.05) is 17.7 Å². The molecule has 1 aromatic rings. The van der Waals surface area contributed by atoms with Crippen LogP contribution >= 0.6 is 11.6 Å². The minimum atomic E-state index is 0.262. The van der Waals surface area contributed by atoms with Crippen LogP contribution in [0.5, 0.6) is 5.75 Å². The molecule has 0 saturated heterocycles. The molecule has 0 radical (unpaired) electrons. The van der Waals surface area contributed by atoms with E-state index in [-0.39, 0.29) is 6.10 Å². The second-order valence-electron chi connectivity index (χ2n) is 3.25. The fourth-order valence-corrected chi connectivity index (χ4v) is 1.78. The minimum Gasteiger partial charge on any atom is -0.488 e. The van der Waals surface area contributed by atoms with Crippen molar-refractivity contribution in [2.24, 2.45) is 0 Å². The Hall–Kier alpha value is -0.730. The first-order valence-electron chi connectivity index (χ1n) is 4.39. The minimum absolute atomic E-state index is 0.262. The van der Waals surface area contributed by atoms with Crippen LogP contribution < -0.4 is 10.1 Å². The monoisotopic (exact) mass is 197 g/mol. The van der Waals surface area contributed by atoms with Gasteiger partial charge in [0.15, 0.2) is 0 Å². The van der Waals surface area contributed by atoms with Gasteiger partial charge in [-0.05, 0) is 24.7 Å². The van der Waals surface area contributed by atoms with E-state index in [1.54, 1.807) is 0 Å². The molecule has 1 aliphatic heterocycles. The van der Waals surface area contributed by atoms with Crippen molar-refractivity contribution in [3.8, 4) is 5.75 Å². The first kappa shape index (κ1) is 8.85. The highest BCUT2D eigenvalue weighted by Crippen LogP contribution is 2.30. The third-order valence-corrected chi connectivity index (χ3v) is 2.44. The number of hydrogen-bond donors (Lipinski definition) is 1. The lowest BCUT2D eigenvalue weighted by Gasteiger charge is -2.08. The molecule has 1 aromatic carbocycles. The van der Waals surface area contributed by atoms with Gasteiger partial charge in [-0.3, -0.25) is 0 Å². The molecule has 13 heavy (non-hydrogen) atoms. The quantitative estimate of drug-likeness (QED) is 0.782. The molecule has 70 valence electrons. The van der Waals surface area contributed by atoms with E-state index in [1.165, 1.54) is 5.56 Å². The van der Waals surface area contributed by atoms with Crippen LogP contribution in [0, 0.1) is 0 Å². The molecule has 2 nitrogen and oxygen atoms in total. The van der Waals surface area contributed by atoms with Gasteiger partial charge in [0.25, 0.3) is 0 Å². The van der Waals surface area contributed by atoms with Crippen LogP contribution in [0.15, 0.2) is 18.2 Å². The van der Waals surface area contributed by atoms with Crippen LogP contribution in [0.4, 0.5) is 0 Å². The summed E-state index contributed by atoms with van der Waals surface area (Å²) in [5, 5.41) is 3.84. The summed E-state index contributed by atoms with van der Waals surface area (Å²) >= 11 is 5.85. The van der Waals surface area contributed by atoms with Crippen molar-refractivity contribution in [1.29, 1.82) is 0 Å². The molecule has 0 spiro atoms. The van der Waals surface area contributed by atoms with Gasteiger partial charge in [-0.2, -0.15) is 0 Å². The van der Waals surface area contributed by atoms with Gasteiger partial charge in [0.1, 0.15) is 11.9 Å². The van der Waals surface area contributed by atoms with Crippen molar-refractivity contribution in [3.63, 3.8) is 0 Å². The van der Waals surface area contributed by atoms with E-state index in [4.69, 9.17) is 16.3 Å². The predicted octanol–water partition coefficient (Wildman–Crippen LogP) is 1.86. The van der Waals surface area contributed by atoms with E-state index in [1.807, 2.05) is 25.2 Å². The molecule has 1 heterocycles. The van der Waals surface area contributed by atoms with Crippen molar-refractivity contribution in [3.05, 3.63) is 28.8 Å². The highest BCUT2D eigenvalue weighted by Gasteiger charge is 2.21. The van der Waals surface area contributed by atoms with Gasteiger partial charge in [0.2, 0.25) is 0 Å². The molecule has 0 bridgehead atoms. The molecule has 0 aromatic heterocycles. The van der Waals surface area contributed by atoms with Crippen LogP contribution in [0.25, 0.3) is 0 Å². The first-order valence-corrected chi connectivity index (χ1v) is 4.77. The number of likely N-dealkylation sites (N-methyl/N-ethyl adjacent to an activating group) is 1. The molecule has 2 rings (SSSR count). The maximum absolute atomic E-state index is 5.85. The van der Waals surface area contributed by atoms with E-state index in [0.717, 1.165) is 23.7 Å². The Balaban J connectivity index is 2.16. The molecule has 1 N–H and O–H groups in total. The number of rotatable bonds is 2. The Kier molecular flexibility index (Phi) is 2.42. The van der Waals surface area contributed by atoms with Crippen LogP contribution in [-0.4, -0.2) is 19.7 Å². The number of fused-ring (bicyclic) bond motifs is 1. The lowest BCUT2D eigenvalue weighted by Crippen LogP contribution is -2.27. The zero-order valence-corrected chi connectivity index (χ0v) is 8.27. The molecule has 1 aliphatic rings. The molecule has 1 atom stereocenters. The second kappa shape index (κ2) is 3.56. The van der Waals surface area contributed by atoms with E-state index in [2.05, 4.69) is 5.32 Å². The van der Waals surface area contributed by atoms with Crippen molar-refractivity contribution in [1.82, 2.24) is 5.32 Å². The number of ether oxygens (including phenoxy) is 1. The topological polar surface area (TPSA) is 21.3 Å². The fraction of sp³-hybridized carbons (Fsp3) is 0.400. The summed E-state index contributed by atoms with van der Waals surface area (Å²) in [6, 6.07) is 5.82. The first-order chi connectivity index (χ1) is 6.29. The van der Waals surface area contributed by atoms with Gasteiger partial charge in [0, 0.05) is 18.0 Å². The normalized spacial score (nSPS) is 19.7. The molecule has 0 fully saturated rings. The molecule has 0 aliphatic carbocycles.